The Morgan fingerprint density at radius 1 is 1.36 bits per heavy atom. The van der Waals surface area contributed by atoms with Crippen LogP contribution in [-0.2, 0) is 9.59 Å². The largest absolute Gasteiger partial charge is 0.481 e. The van der Waals surface area contributed by atoms with Gasteiger partial charge in [0, 0.05) is 6.54 Å². The lowest BCUT2D eigenvalue weighted by atomic mass is 10.1. The molecule has 0 aliphatic heterocycles. The molecule has 6 heteroatoms. The fourth-order valence-corrected chi connectivity index (χ4v) is 0.101. The van der Waals surface area contributed by atoms with Gasteiger partial charge in [0.25, 0.3) is 0 Å². The van der Waals surface area contributed by atoms with Crippen molar-refractivity contribution < 1.29 is 19.8 Å². The molecule has 0 aromatic heterocycles. The average molecular weight is 206 g/mol. The summed E-state index contributed by atoms with van der Waals surface area (Å²) in [5.41, 5.74) is 8.99. The molecule has 6 N–H and O–H groups in total. The number of hydrogen-bond donors (Lipinski definition) is 4. The molecule has 0 aliphatic carbocycles. The molecule has 0 bridgehead atoms. The molecule has 0 aromatic carbocycles. The van der Waals surface area contributed by atoms with Gasteiger partial charge in [0.1, 0.15) is 5.54 Å². The Labute approximate surface area is 82.9 Å². The molecule has 6 nitrogen and oxygen atoms in total. The minimum Gasteiger partial charge on any atom is -0.481 e. The topological polar surface area (TPSA) is 127 Å². The van der Waals surface area contributed by atoms with E-state index in [-0.39, 0.29) is 6.54 Å². The van der Waals surface area contributed by atoms with Gasteiger partial charge in [-0.25, -0.2) is 0 Å². The Bertz CT molecular complexity index is 198. The second-order valence-electron chi connectivity index (χ2n) is 3.50. The summed E-state index contributed by atoms with van der Waals surface area (Å²) in [6, 6.07) is 0. The molecule has 0 aliphatic rings. The van der Waals surface area contributed by atoms with Crippen LogP contribution in [0.5, 0.6) is 0 Å². The second-order valence-corrected chi connectivity index (χ2v) is 3.50. The monoisotopic (exact) mass is 206 g/mol. The van der Waals surface area contributed by atoms with Crippen molar-refractivity contribution in [3.05, 3.63) is 0 Å². The summed E-state index contributed by atoms with van der Waals surface area (Å²) in [7, 11) is 0. The van der Waals surface area contributed by atoms with Gasteiger partial charge in [0.05, 0.1) is 5.92 Å². The molecule has 0 heterocycles. The van der Waals surface area contributed by atoms with Crippen LogP contribution in [0.2, 0.25) is 0 Å². The second kappa shape index (κ2) is 6.33. The molecule has 0 amide bonds. The molecule has 0 saturated carbocycles. The highest BCUT2D eigenvalue weighted by Gasteiger charge is 2.19. The van der Waals surface area contributed by atoms with Crippen LogP contribution in [-0.4, -0.2) is 34.2 Å². The van der Waals surface area contributed by atoms with Crippen LogP contribution < -0.4 is 11.5 Å². The van der Waals surface area contributed by atoms with Gasteiger partial charge in [-0.2, -0.15) is 0 Å². The van der Waals surface area contributed by atoms with Crippen molar-refractivity contribution in [3.8, 4) is 0 Å². The van der Waals surface area contributed by atoms with Crippen molar-refractivity contribution in [3.63, 3.8) is 0 Å². The highest BCUT2D eigenvalue weighted by atomic mass is 16.4. The summed E-state index contributed by atoms with van der Waals surface area (Å²) >= 11 is 0. The number of rotatable bonds is 3. The zero-order valence-corrected chi connectivity index (χ0v) is 8.65. The third-order valence-electron chi connectivity index (χ3n) is 1.33. The molecular weight excluding hydrogens is 188 g/mol. The van der Waals surface area contributed by atoms with Gasteiger partial charge in [0.15, 0.2) is 0 Å². The van der Waals surface area contributed by atoms with Crippen molar-refractivity contribution >= 4 is 11.9 Å². The minimum absolute atomic E-state index is 0.218. The fraction of sp³-hybridized carbons (Fsp3) is 0.750. The van der Waals surface area contributed by atoms with Gasteiger partial charge in [-0.15, -0.1) is 0 Å². The van der Waals surface area contributed by atoms with E-state index in [0.717, 1.165) is 0 Å². The number of aliphatic carboxylic acids is 2. The molecule has 0 radical (unpaired) electrons. The Balaban J connectivity index is 0. The Hall–Kier alpha value is -1.14. The molecule has 84 valence electrons. The predicted octanol–water partition coefficient (Wildman–Crippen LogP) is -0.526. The van der Waals surface area contributed by atoms with Gasteiger partial charge in [-0.05, 0) is 13.8 Å². The maximum Gasteiger partial charge on any atom is 0.323 e. The van der Waals surface area contributed by atoms with E-state index in [9.17, 15) is 9.59 Å². The first-order valence-electron chi connectivity index (χ1n) is 4.08. The molecule has 0 aromatic rings. The number of carboxylic acid groups (broad SMARTS) is 2. The van der Waals surface area contributed by atoms with Crippen LogP contribution in [0.15, 0.2) is 0 Å². The SMILES string of the molecule is CC(C)(N)C(=O)O.CC(CN)C(=O)O. The Morgan fingerprint density at radius 2 is 1.64 bits per heavy atom. The third-order valence-corrected chi connectivity index (χ3v) is 1.33. The first-order chi connectivity index (χ1) is 6.12. The normalized spacial score (nSPS) is 12.4. The quantitative estimate of drug-likeness (QED) is 0.492. The smallest absolute Gasteiger partial charge is 0.323 e. The van der Waals surface area contributed by atoms with Crippen molar-refractivity contribution in [2.45, 2.75) is 26.3 Å². The molecule has 14 heavy (non-hydrogen) atoms. The van der Waals surface area contributed by atoms with Gasteiger partial charge in [-0.3, -0.25) is 9.59 Å². The van der Waals surface area contributed by atoms with Gasteiger partial charge < -0.3 is 21.7 Å². The third kappa shape index (κ3) is 8.95. The van der Waals surface area contributed by atoms with Crippen LogP contribution in [0.4, 0.5) is 0 Å². The first-order valence-corrected chi connectivity index (χ1v) is 4.08. The molecule has 0 saturated heterocycles. The zero-order valence-electron chi connectivity index (χ0n) is 8.65. The van der Waals surface area contributed by atoms with Gasteiger partial charge in [-0.1, -0.05) is 6.92 Å². The van der Waals surface area contributed by atoms with Crippen LogP contribution in [0.25, 0.3) is 0 Å². The van der Waals surface area contributed by atoms with E-state index in [0.29, 0.717) is 0 Å². The van der Waals surface area contributed by atoms with E-state index in [4.69, 9.17) is 21.7 Å². The summed E-state index contributed by atoms with van der Waals surface area (Å²) in [5, 5.41) is 16.2. The van der Waals surface area contributed by atoms with E-state index in [1.54, 1.807) is 6.92 Å². The summed E-state index contributed by atoms with van der Waals surface area (Å²) in [6.07, 6.45) is 0. The predicted molar refractivity (Wildman–Crippen MR) is 51.8 cm³/mol. The lowest BCUT2D eigenvalue weighted by Gasteiger charge is -2.09. The standard InChI is InChI=1S/2C4H9NO2/c1-4(2,5)3(6)7;1-3(2-5)4(6)7/h5H2,1-2H3,(H,6,7);3H,2,5H2,1H3,(H,6,7). The lowest BCUT2D eigenvalue weighted by molar-refractivity contribution is -0.142. The van der Waals surface area contributed by atoms with Crippen molar-refractivity contribution in [2.24, 2.45) is 17.4 Å². The van der Waals surface area contributed by atoms with Crippen LogP contribution in [0.3, 0.4) is 0 Å². The van der Waals surface area contributed by atoms with E-state index < -0.39 is 23.4 Å². The number of carboxylic acids is 2. The molecule has 0 rings (SSSR count). The van der Waals surface area contributed by atoms with E-state index in [2.05, 4.69) is 0 Å². The Kier molecular flexibility index (Phi) is 6.94. The highest BCUT2D eigenvalue weighted by molar-refractivity contribution is 5.77. The molecule has 0 fully saturated rings. The van der Waals surface area contributed by atoms with Crippen LogP contribution in [0, 0.1) is 5.92 Å². The van der Waals surface area contributed by atoms with Gasteiger partial charge in [0.2, 0.25) is 0 Å². The van der Waals surface area contributed by atoms with Crippen molar-refractivity contribution in [1.29, 1.82) is 0 Å². The number of hydrogen-bond acceptors (Lipinski definition) is 4. The van der Waals surface area contributed by atoms with Crippen molar-refractivity contribution in [1.82, 2.24) is 0 Å². The van der Waals surface area contributed by atoms with Crippen molar-refractivity contribution in [2.75, 3.05) is 6.54 Å². The van der Waals surface area contributed by atoms with E-state index >= 15 is 0 Å². The molecule has 0 spiro atoms. The number of nitrogens with two attached hydrogens (primary N) is 2. The Morgan fingerprint density at radius 3 is 1.64 bits per heavy atom. The average Bonchev–Trinajstić information content (AvgIpc) is 2.02. The fourth-order valence-electron chi connectivity index (χ4n) is 0.101. The van der Waals surface area contributed by atoms with Gasteiger partial charge >= 0.3 is 11.9 Å². The number of carbonyl (C=O) groups is 2. The minimum atomic E-state index is -1.08. The molecule has 1 unspecified atom stereocenters. The van der Waals surface area contributed by atoms with Crippen LogP contribution in [0.1, 0.15) is 20.8 Å². The zero-order chi connectivity index (χ0) is 11.9. The summed E-state index contributed by atoms with van der Waals surface area (Å²) < 4.78 is 0. The van der Waals surface area contributed by atoms with Crippen LogP contribution >= 0.6 is 0 Å². The first kappa shape index (κ1) is 15.3. The lowest BCUT2D eigenvalue weighted by Crippen LogP contribution is -2.41. The summed E-state index contributed by atoms with van der Waals surface area (Å²) in [5.74, 6) is -2.21. The molecule has 1 atom stereocenters. The highest BCUT2D eigenvalue weighted by Crippen LogP contribution is 1.93. The maximum atomic E-state index is 9.90. The maximum absolute atomic E-state index is 9.90. The summed E-state index contributed by atoms with van der Waals surface area (Å²) in [6.45, 7) is 4.67. The van der Waals surface area contributed by atoms with E-state index in [1.165, 1.54) is 13.8 Å². The summed E-state index contributed by atoms with van der Waals surface area (Å²) in [4.78, 5) is 19.7. The van der Waals surface area contributed by atoms with E-state index in [1.807, 2.05) is 0 Å². The molecular formula is C8H18N2O4.